The van der Waals surface area contributed by atoms with Crippen molar-refractivity contribution in [2.45, 2.75) is 13.3 Å². The van der Waals surface area contributed by atoms with Gasteiger partial charge in [-0.15, -0.1) is 0 Å². The summed E-state index contributed by atoms with van der Waals surface area (Å²) in [4.78, 5) is 9.20. The summed E-state index contributed by atoms with van der Waals surface area (Å²) in [5.74, 6) is 0.449. The Kier molecular flexibility index (Phi) is 4.64. The lowest BCUT2D eigenvalue weighted by atomic mass is 10.1. The number of fused-ring (bicyclic) bond motifs is 1. The standard InChI is InChI=1S/C19H12BrFN4OS/c1-2-13-18(12-7-16(20)23-9-14(12)26-13)25-19-24-17(15(8-22)27-19)10-3-5-11(21)6-4-10/h3-7,9H,2H2,1H3,(H,24,25). The Morgan fingerprint density at radius 2 is 2.11 bits per heavy atom. The lowest BCUT2D eigenvalue weighted by Gasteiger charge is -2.02. The van der Waals surface area contributed by atoms with Gasteiger partial charge in [-0.2, -0.15) is 5.26 Å². The van der Waals surface area contributed by atoms with Crippen LogP contribution < -0.4 is 5.32 Å². The number of thiazole rings is 1. The van der Waals surface area contributed by atoms with Gasteiger partial charge in [0.1, 0.15) is 32.8 Å². The van der Waals surface area contributed by atoms with E-state index in [4.69, 9.17) is 4.42 Å². The van der Waals surface area contributed by atoms with Gasteiger partial charge in [0.05, 0.1) is 11.9 Å². The van der Waals surface area contributed by atoms with E-state index in [2.05, 4.69) is 37.3 Å². The van der Waals surface area contributed by atoms with Gasteiger partial charge in [0.2, 0.25) is 0 Å². The minimum atomic E-state index is -0.331. The molecule has 0 saturated heterocycles. The van der Waals surface area contributed by atoms with Crippen molar-refractivity contribution < 1.29 is 8.81 Å². The third-order valence-corrected chi connectivity index (χ3v) is 5.32. The summed E-state index contributed by atoms with van der Waals surface area (Å²) >= 11 is 4.62. The maximum atomic E-state index is 13.2. The van der Waals surface area contributed by atoms with Crippen LogP contribution in [0.5, 0.6) is 0 Å². The number of aryl methyl sites for hydroxylation is 1. The number of aromatic nitrogens is 2. The lowest BCUT2D eigenvalue weighted by molar-refractivity contribution is 0.557. The Hall–Kier alpha value is -2.76. The Labute approximate surface area is 166 Å². The van der Waals surface area contributed by atoms with E-state index in [1.54, 1.807) is 18.3 Å². The average molecular weight is 443 g/mol. The summed E-state index contributed by atoms with van der Waals surface area (Å²) in [6.45, 7) is 2.00. The number of halogens is 2. The fourth-order valence-electron chi connectivity index (χ4n) is 2.77. The number of anilines is 2. The normalized spacial score (nSPS) is 10.9. The SMILES string of the molecule is CCc1oc2cnc(Br)cc2c1Nc1nc(-c2ccc(F)cc2)c(C#N)s1. The Bertz CT molecular complexity index is 1180. The maximum Gasteiger partial charge on any atom is 0.189 e. The maximum absolute atomic E-state index is 13.2. The van der Waals surface area contributed by atoms with Crippen molar-refractivity contribution in [1.29, 1.82) is 5.26 Å². The molecule has 0 spiro atoms. The summed E-state index contributed by atoms with van der Waals surface area (Å²) in [6.07, 6.45) is 2.35. The molecule has 8 heteroatoms. The summed E-state index contributed by atoms with van der Waals surface area (Å²) in [6, 6.07) is 9.97. The molecule has 0 atom stereocenters. The molecular weight excluding hydrogens is 431 g/mol. The highest BCUT2D eigenvalue weighted by Gasteiger charge is 2.18. The van der Waals surface area contributed by atoms with Gasteiger partial charge < -0.3 is 9.73 Å². The van der Waals surface area contributed by atoms with Crippen LogP contribution in [0.25, 0.3) is 22.2 Å². The first-order valence-corrected chi connectivity index (χ1v) is 9.70. The Morgan fingerprint density at radius 1 is 1.33 bits per heavy atom. The molecule has 27 heavy (non-hydrogen) atoms. The number of benzene rings is 1. The number of nitriles is 1. The second-order valence-electron chi connectivity index (χ2n) is 5.70. The Morgan fingerprint density at radius 3 is 2.81 bits per heavy atom. The monoisotopic (exact) mass is 442 g/mol. The van der Waals surface area contributed by atoms with E-state index in [0.717, 1.165) is 16.8 Å². The van der Waals surface area contributed by atoms with Crippen LogP contribution in [0, 0.1) is 17.1 Å². The molecule has 1 N–H and O–H groups in total. The fraction of sp³-hybridized carbons (Fsp3) is 0.105. The van der Waals surface area contributed by atoms with Crippen molar-refractivity contribution in [2.75, 3.05) is 5.32 Å². The van der Waals surface area contributed by atoms with E-state index >= 15 is 0 Å². The molecule has 0 amide bonds. The van der Waals surface area contributed by atoms with E-state index in [-0.39, 0.29) is 5.82 Å². The quantitative estimate of drug-likeness (QED) is 0.390. The first-order chi connectivity index (χ1) is 13.1. The van der Waals surface area contributed by atoms with Gasteiger partial charge in [0.15, 0.2) is 10.7 Å². The molecule has 0 fully saturated rings. The third-order valence-electron chi connectivity index (χ3n) is 4.01. The zero-order valence-corrected chi connectivity index (χ0v) is 16.5. The Balaban J connectivity index is 1.78. The van der Waals surface area contributed by atoms with Gasteiger partial charge >= 0.3 is 0 Å². The highest BCUT2D eigenvalue weighted by atomic mass is 79.9. The van der Waals surface area contributed by atoms with Crippen LogP contribution in [0.1, 0.15) is 17.6 Å². The van der Waals surface area contributed by atoms with Crippen molar-refractivity contribution in [3.63, 3.8) is 0 Å². The molecule has 3 aromatic heterocycles. The van der Waals surface area contributed by atoms with Gasteiger partial charge in [-0.3, -0.25) is 0 Å². The van der Waals surface area contributed by atoms with Crippen LogP contribution in [0.2, 0.25) is 0 Å². The lowest BCUT2D eigenvalue weighted by Crippen LogP contribution is -1.92. The highest BCUT2D eigenvalue weighted by molar-refractivity contribution is 9.10. The van der Waals surface area contributed by atoms with Gasteiger partial charge in [-0.05, 0) is 46.3 Å². The zero-order chi connectivity index (χ0) is 19.0. The second-order valence-corrected chi connectivity index (χ2v) is 7.51. The first-order valence-electron chi connectivity index (χ1n) is 8.10. The highest BCUT2D eigenvalue weighted by Crippen LogP contribution is 2.37. The molecule has 0 aliphatic heterocycles. The van der Waals surface area contributed by atoms with Crippen molar-refractivity contribution >= 4 is 49.1 Å². The van der Waals surface area contributed by atoms with Crippen molar-refractivity contribution in [2.24, 2.45) is 0 Å². The van der Waals surface area contributed by atoms with E-state index in [9.17, 15) is 9.65 Å². The summed E-state index contributed by atoms with van der Waals surface area (Å²) in [5.41, 5.74) is 2.70. The van der Waals surface area contributed by atoms with Crippen molar-refractivity contribution in [3.05, 3.63) is 57.6 Å². The predicted octanol–water partition coefficient (Wildman–Crippen LogP) is 6.03. The van der Waals surface area contributed by atoms with E-state index in [0.29, 0.717) is 37.9 Å². The predicted molar refractivity (Wildman–Crippen MR) is 107 cm³/mol. The molecule has 3 heterocycles. The van der Waals surface area contributed by atoms with Gasteiger partial charge in [-0.25, -0.2) is 14.4 Å². The number of nitrogens with one attached hydrogen (secondary N) is 1. The molecular formula is C19H12BrFN4OS. The number of rotatable bonds is 4. The number of nitrogens with zero attached hydrogens (tertiary/aromatic N) is 3. The van der Waals surface area contributed by atoms with E-state index in [1.165, 1.54) is 23.5 Å². The van der Waals surface area contributed by atoms with Crippen LogP contribution in [-0.2, 0) is 6.42 Å². The summed E-state index contributed by atoms with van der Waals surface area (Å²) in [5, 5.41) is 14.2. The van der Waals surface area contributed by atoms with Crippen molar-refractivity contribution in [1.82, 2.24) is 9.97 Å². The third kappa shape index (κ3) is 3.31. The minimum absolute atomic E-state index is 0.331. The van der Waals surface area contributed by atoms with Crippen LogP contribution in [-0.4, -0.2) is 9.97 Å². The molecule has 1 aromatic carbocycles. The molecule has 0 radical (unpaired) electrons. The van der Waals surface area contributed by atoms with Crippen LogP contribution in [0.3, 0.4) is 0 Å². The largest absolute Gasteiger partial charge is 0.457 e. The molecule has 134 valence electrons. The molecule has 0 aliphatic carbocycles. The van der Waals surface area contributed by atoms with Crippen molar-refractivity contribution in [3.8, 4) is 17.3 Å². The molecule has 0 saturated carbocycles. The minimum Gasteiger partial charge on any atom is -0.457 e. The van der Waals surface area contributed by atoms with E-state index in [1.807, 2.05) is 13.0 Å². The van der Waals surface area contributed by atoms with E-state index < -0.39 is 0 Å². The number of hydrogen-bond donors (Lipinski definition) is 1. The van der Waals surface area contributed by atoms with Gasteiger partial charge in [-0.1, -0.05) is 18.3 Å². The molecule has 0 bridgehead atoms. The fourth-order valence-corrected chi connectivity index (χ4v) is 3.89. The number of furan rings is 1. The molecule has 4 aromatic rings. The van der Waals surface area contributed by atoms with Gasteiger partial charge in [0.25, 0.3) is 0 Å². The summed E-state index contributed by atoms with van der Waals surface area (Å²) in [7, 11) is 0. The van der Waals surface area contributed by atoms with Crippen LogP contribution in [0.4, 0.5) is 15.2 Å². The average Bonchev–Trinajstić information content (AvgIpc) is 3.24. The topological polar surface area (TPSA) is 74.7 Å². The smallest absolute Gasteiger partial charge is 0.189 e. The zero-order valence-electron chi connectivity index (χ0n) is 14.1. The number of hydrogen-bond acceptors (Lipinski definition) is 6. The van der Waals surface area contributed by atoms with Gasteiger partial charge in [0, 0.05) is 17.4 Å². The van der Waals surface area contributed by atoms with Crippen LogP contribution >= 0.6 is 27.3 Å². The molecule has 5 nitrogen and oxygen atoms in total. The number of pyridine rings is 1. The molecule has 4 rings (SSSR count). The van der Waals surface area contributed by atoms with Crippen LogP contribution in [0.15, 0.2) is 45.5 Å². The molecule has 0 unspecified atom stereocenters. The second kappa shape index (κ2) is 7.10. The first kappa shape index (κ1) is 17.6. The summed E-state index contributed by atoms with van der Waals surface area (Å²) < 4.78 is 19.8. The molecule has 0 aliphatic rings.